The van der Waals surface area contributed by atoms with Gasteiger partial charge in [-0.2, -0.15) is 0 Å². The first kappa shape index (κ1) is 22.1. The number of hydrogen-bond donors (Lipinski definition) is 1. The lowest BCUT2D eigenvalue weighted by atomic mass is 10.1. The third kappa shape index (κ3) is 5.20. The molecule has 1 N–H and O–H groups in total. The zero-order valence-electron chi connectivity index (χ0n) is 16.8. The zero-order chi connectivity index (χ0) is 21.8. The van der Waals surface area contributed by atoms with Gasteiger partial charge in [-0.25, -0.2) is 0 Å². The highest BCUT2D eigenvalue weighted by atomic mass is 127. The van der Waals surface area contributed by atoms with Crippen molar-refractivity contribution in [3.63, 3.8) is 0 Å². The van der Waals surface area contributed by atoms with Crippen molar-refractivity contribution in [2.75, 3.05) is 12.4 Å². The van der Waals surface area contributed by atoms with Crippen molar-refractivity contribution in [2.45, 2.75) is 13.2 Å². The summed E-state index contributed by atoms with van der Waals surface area (Å²) in [6.07, 6.45) is 0. The van der Waals surface area contributed by atoms with E-state index in [2.05, 4.69) is 64.3 Å². The molecule has 4 aromatic carbocycles. The molecule has 6 heteroatoms. The van der Waals surface area contributed by atoms with E-state index in [1.54, 1.807) is 13.2 Å². The van der Waals surface area contributed by atoms with Crippen LogP contribution in [0.15, 0.2) is 72.8 Å². The Labute approximate surface area is 205 Å². The molecule has 4 aromatic rings. The van der Waals surface area contributed by atoms with E-state index in [1.165, 1.54) is 10.8 Å². The molecular formula is C25H20Cl2INO2. The first-order chi connectivity index (χ1) is 15.0. The van der Waals surface area contributed by atoms with E-state index in [9.17, 15) is 0 Å². The molecule has 0 aliphatic rings. The first-order valence-corrected chi connectivity index (χ1v) is 11.5. The summed E-state index contributed by atoms with van der Waals surface area (Å²) in [5.41, 5.74) is 3.12. The minimum Gasteiger partial charge on any atom is -0.493 e. The second-order valence-electron chi connectivity index (χ2n) is 7.02. The molecular weight excluding hydrogens is 544 g/mol. The molecule has 0 aliphatic heterocycles. The number of anilines is 1. The van der Waals surface area contributed by atoms with E-state index in [0.29, 0.717) is 28.9 Å². The monoisotopic (exact) mass is 563 g/mol. The van der Waals surface area contributed by atoms with Crippen LogP contribution in [0.4, 0.5) is 5.69 Å². The van der Waals surface area contributed by atoms with Gasteiger partial charge in [-0.3, -0.25) is 0 Å². The fraction of sp³-hybridized carbons (Fsp3) is 0.120. The highest BCUT2D eigenvalue weighted by Crippen LogP contribution is 2.35. The third-order valence-corrected chi connectivity index (χ3v) is 6.50. The SMILES string of the molecule is COc1cc(CNc2ccc(Cl)c(Cl)c2)cc(I)c1OCc1cccc2ccccc12. The minimum atomic E-state index is 0.467. The maximum atomic E-state index is 6.21. The number of methoxy groups -OCH3 is 1. The Morgan fingerprint density at radius 1 is 0.903 bits per heavy atom. The summed E-state index contributed by atoms with van der Waals surface area (Å²) in [5.74, 6) is 1.45. The summed E-state index contributed by atoms with van der Waals surface area (Å²) >= 11 is 14.4. The summed E-state index contributed by atoms with van der Waals surface area (Å²) < 4.78 is 12.8. The van der Waals surface area contributed by atoms with Crippen molar-refractivity contribution in [1.29, 1.82) is 0 Å². The number of benzene rings is 4. The van der Waals surface area contributed by atoms with Crippen LogP contribution in [-0.4, -0.2) is 7.11 Å². The summed E-state index contributed by atoms with van der Waals surface area (Å²) in [4.78, 5) is 0. The largest absolute Gasteiger partial charge is 0.493 e. The zero-order valence-corrected chi connectivity index (χ0v) is 20.5. The Morgan fingerprint density at radius 2 is 1.71 bits per heavy atom. The normalized spacial score (nSPS) is 10.8. The Kier molecular flexibility index (Phi) is 7.10. The van der Waals surface area contributed by atoms with Gasteiger partial charge in [0.1, 0.15) is 6.61 Å². The van der Waals surface area contributed by atoms with Gasteiger partial charge in [-0.05, 0) is 74.8 Å². The van der Waals surface area contributed by atoms with E-state index in [4.69, 9.17) is 32.7 Å². The summed E-state index contributed by atoms with van der Waals surface area (Å²) in [6.45, 7) is 1.09. The van der Waals surface area contributed by atoms with Crippen LogP contribution in [0.5, 0.6) is 11.5 Å². The second-order valence-corrected chi connectivity index (χ2v) is 9.00. The third-order valence-electron chi connectivity index (χ3n) is 4.96. The molecule has 0 aromatic heterocycles. The van der Waals surface area contributed by atoms with Crippen LogP contribution in [0.2, 0.25) is 10.0 Å². The minimum absolute atomic E-state index is 0.467. The van der Waals surface area contributed by atoms with Gasteiger partial charge in [0.05, 0.1) is 20.7 Å². The lowest BCUT2D eigenvalue weighted by Crippen LogP contribution is -2.04. The van der Waals surface area contributed by atoms with Crippen LogP contribution >= 0.6 is 45.8 Å². The molecule has 0 fully saturated rings. The van der Waals surface area contributed by atoms with Gasteiger partial charge < -0.3 is 14.8 Å². The average Bonchev–Trinajstić information content (AvgIpc) is 2.78. The van der Waals surface area contributed by atoms with Gasteiger partial charge in [0.25, 0.3) is 0 Å². The maximum Gasteiger partial charge on any atom is 0.174 e. The van der Waals surface area contributed by atoms with Crippen molar-refractivity contribution in [2.24, 2.45) is 0 Å². The quantitative estimate of drug-likeness (QED) is 0.231. The Bertz CT molecular complexity index is 1220. The molecule has 0 unspecified atom stereocenters. The van der Waals surface area contributed by atoms with Crippen molar-refractivity contribution >= 4 is 62.3 Å². The summed E-state index contributed by atoms with van der Waals surface area (Å²) in [6, 6.07) is 24.2. The van der Waals surface area contributed by atoms with Gasteiger partial charge in [-0.15, -0.1) is 0 Å². The fourth-order valence-corrected chi connectivity index (χ4v) is 4.51. The molecule has 4 rings (SSSR count). The van der Waals surface area contributed by atoms with Crippen LogP contribution in [0.1, 0.15) is 11.1 Å². The number of hydrogen-bond acceptors (Lipinski definition) is 3. The molecule has 0 bridgehead atoms. The van der Waals surface area contributed by atoms with Crippen molar-refractivity contribution in [3.8, 4) is 11.5 Å². The van der Waals surface area contributed by atoms with Crippen molar-refractivity contribution in [3.05, 3.63) is 97.5 Å². The van der Waals surface area contributed by atoms with Crippen molar-refractivity contribution < 1.29 is 9.47 Å². The van der Waals surface area contributed by atoms with Gasteiger partial charge >= 0.3 is 0 Å². The molecule has 31 heavy (non-hydrogen) atoms. The molecule has 0 aliphatic carbocycles. The Morgan fingerprint density at radius 3 is 2.52 bits per heavy atom. The number of fused-ring (bicyclic) bond motifs is 1. The van der Waals surface area contributed by atoms with E-state index >= 15 is 0 Å². The Hall–Kier alpha value is -2.15. The molecule has 0 radical (unpaired) electrons. The van der Waals surface area contributed by atoms with Crippen LogP contribution in [0, 0.1) is 3.57 Å². The van der Waals surface area contributed by atoms with Crippen LogP contribution in [-0.2, 0) is 13.2 Å². The summed E-state index contributed by atoms with van der Waals surface area (Å²) in [7, 11) is 1.66. The highest BCUT2D eigenvalue weighted by molar-refractivity contribution is 14.1. The first-order valence-electron chi connectivity index (χ1n) is 9.70. The van der Waals surface area contributed by atoms with Crippen LogP contribution in [0.25, 0.3) is 10.8 Å². The highest BCUT2D eigenvalue weighted by Gasteiger charge is 2.13. The van der Waals surface area contributed by atoms with E-state index in [-0.39, 0.29) is 0 Å². The number of ether oxygens (including phenoxy) is 2. The number of halogens is 3. The number of nitrogens with one attached hydrogen (secondary N) is 1. The lowest BCUT2D eigenvalue weighted by Gasteiger charge is -2.16. The predicted molar refractivity (Wildman–Crippen MR) is 138 cm³/mol. The van der Waals surface area contributed by atoms with E-state index < -0.39 is 0 Å². The predicted octanol–water partition coefficient (Wildman–Crippen LogP) is 7.95. The molecule has 0 saturated heterocycles. The molecule has 0 heterocycles. The van der Waals surface area contributed by atoms with Gasteiger partial charge in [0.2, 0.25) is 0 Å². The lowest BCUT2D eigenvalue weighted by molar-refractivity contribution is 0.283. The molecule has 0 saturated carbocycles. The molecule has 0 amide bonds. The molecule has 158 valence electrons. The Balaban J connectivity index is 1.51. The van der Waals surface area contributed by atoms with E-state index in [1.807, 2.05) is 30.3 Å². The number of rotatable bonds is 7. The van der Waals surface area contributed by atoms with Crippen molar-refractivity contribution in [1.82, 2.24) is 0 Å². The average molecular weight is 564 g/mol. The second kappa shape index (κ2) is 9.98. The van der Waals surface area contributed by atoms with Gasteiger partial charge in [0.15, 0.2) is 11.5 Å². The van der Waals surface area contributed by atoms with Crippen LogP contribution < -0.4 is 14.8 Å². The van der Waals surface area contributed by atoms with Crippen LogP contribution in [0.3, 0.4) is 0 Å². The smallest absolute Gasteiger partial charge is 0.174 e. The molecule has 0 atom stereocenters. The van der Waals surface area contributed by atoms with Gasteiger partial charge in [-0.1, -0.05) is 65.7 Å². The standard InChI is InChI=1S/C25H20Cl2INO2/c1-30-24-12-16(14-29-19-9-10-21(26)22(27)13-19)11-23(28)25(24)31-15-18-7-4-6-17-5-2-3-8-20(17)18/h2-13,29H,14-15H2,1H3. The molecule has 3 nitrogen and oxygen atoms in total. The fourth-order valence-electron chi connectivity index (χ4n) is 3.39. The van der Waals surface area contributed by atoms with Gasteiger partial charge in [0, 0.05) is 12.2 Å². The molecule has 0 spiro atoms. The van der Waals surface area contributed by atoms with E-state index in [0.717, 1.165) is 26.1 Å². The maximum absolute atomic E-state index is 6.21. The summed E-state index contributed by atoms with van der Waals surface area (Å²) in [5, 5.41) is 6.82. The topological polar surface area (TPSA) is 30.5 Å².